The molecule has 1 atom stereocenters. The van der Waals surface area contributed by atoms with E-state index in [9.17, 15) is 0 Å². The Kier molecular flexibility index (Phi) is 2.45. The lowest BCUT2D eigenvalue weighted by atomic mass is 10.1. The van der Waals surface area contributed by atoms with Crippen LogP contribution in [0, 0.1) is 5.92 Å². The highest BCUT2D eigenvalue weighted by atomic mass is 14.9. The predicted molar refractivity (Wildman–Crippen MR) is 40.5 cm³/mol. The van der Waals surface area contributed by atoms with Gasteiger partial charge in [0.05, 0.1) is 0 Å². The van der Waals surface area contributed by atoms with E-state index in [1.165, 1.54) is 0 Å². The zero-order valence-corrected chi connectivity index (χ0v) is 6.17. The Morgan fingerprint density at radius 1 is 1.80 bits per heavy atom. The van der Waals surface area contributed by atoms with Crippen LogP contribution < -0.4 is 5.73 Å². The van der Waals surface area contributed by atoms with Crippen LogP contribution in [0.15, 0.2) is 12.4 Å². The smallest absolute Gasteiger partial charge is 0.106 e. The van der Waals surface area contributed by atoms with E-state index in [0.717, 1.165) is 18.8 Å². The highest BCUT2D eigenvalue weighted by Gasteiger charge is 2.01. The van der Waals surface area contributed by atoms with Crippen LogP contribution in [0.1, 0.15) is 12.7 Å². The molecule has 0 aliphatic carbocycles. The van der Waals surface area contributed by atoms with Crippen molar-refractivity contribution in [2.45, 2.75) is 13.3 Å². The van der Waals surface area contributed by atoms with Gasteiger partial charge in [0.15, 0.2) is 0 Å². The summed E-state index contributed by atoms with van der Waals surface area (Å²) < 4.78 is 0. The first-order valence-corrected chi connectivity index (χ1v) is 3.51. The number of aromatic amines is 1. The minimum Gasteiger partial charge on any atom is -0.349 e. The van der Waals surface area contributed by atoms with Crippen molar-refractivity contribution in [3.8, 4) is 0 Å². The molecule has 0 saturated heterocycles. The number of nitrogens with zero attached hydrogens (tertiary/aromatic N) is 1. The van der Waals surface area contributed by atoms with Crippen molar-refractivity contribution in [1.29, 1.82) is 0 Å². The first-order chi connectivity index (χ1) is 4.83. The number of aromatic nitrogens is 2. The Hall–Kier alpha value is -0.830. The van der Waals surface area contributed by atoms with E-state index in [0.29, 0.717) is 5.92 Å². The summed E-state index contributed by atoms with van der Waals surface area (Å²) in [6.07, 6.45) is 4.54. The maximum absolute atomic E-state index is 5.45. The Labute approximate surface area is 60.7 Å². The van der Waals surface area contributed by atoms with E-state index >= 15 is 0 Å². The summed E-state index contributed by atoms with van der Waals surface area (Å²) in [5.74, 6) is 1.55. The second kappa shape index (κ2) is 3.37. The predicted octanol–water partition coefficient (Wildman–Crippen LogP) is 0.547. The van der Waals surface area contributed by atoms with Crippen molar-refractivity contribution < 1.29 is 0 Å². The molecular formula is C7H13N3. The molecule has 56 valence electrons. The highest BCUT2D eigenvalue weighted by molar-refractivity contribution is 4.88. The second-order valence-corrected chi connectivity index (χ2v) is 2.58. The van der Waals surface area contributed by atoms with Crippen LogP contribution in [0.25, 0.3) is 0 Å². The average molecular weight is 139 g/mol. The van der Waals surface area contributed by atoms with E-state index in [4.69, 9.17) is 5.73 Å². The summed E-state index contributed by atoms with van der Waals surface area (Å²) in [7, 11) is 0. The standard InChI is InChI=1S/C7H13N3/c1-6(5-8)4-7-9-2-3-10-7/h2-3,6H,4-5,8H2,1H3,(H,9,10). The molecule has 1 unspecified atom stereocenters. The van der Waals surface area contributed by atoms with Crippen LogP contribution in [-0.4, -0.2) is 16.5 Å². The molecular weight excluding hydrogens is 126 g/mol. The van der Waals surface area contributed by atoms with Crippen molar-refractivity contribution in [1.82, 2.24) is 9.97 Å². The number of imidazole rings is 1. The zero-order chi connectivity index (χ0) is 7.40. The number of hydrogen-bond donors (Lipinski definition) is 2. The molecule has 1 heterocycles. The van der Waals surface area contributed by atoms with Gasteiger partial charge in [-0.1, -0.05) is 6.92 Å². The van der Waals surface area contributed by atoms with E-state index < -0.39 is 0 Å². The van der Waals surface area contributed by atoms with E-state index in [-0.39, 0.29) is 0 Å². The van der Waals surface area contributed by atoms with Gasteiger partial charge >= 0.3 is 0 Å². The fourth-order valence-corrected chi connectivity index (χ4v) is 0.823. The molecule has 0 fully saturated rings. The number of nitrogens with two attached hydrogens (primary N) is 1. The topological polar surface area (TPSA) is 54.7 Å². The second-order valence-electron chi connectivity index (χ2n) is 2.58. The third kappa shape index (κ3) is 1.84. The van der Waals surface area contributed by atoms with Gasteiger partial charge in [0.2, 0.25) is 0 Å². The number of nitrogens with one attached hydrogen (secondary N) is 1. The normalized spacial score (nSPS) is 13.4. The minimum atomic E-state index is 0.520. The summed E-state index contributed by atoms with van der Waals surface area (Å²) in [5.41, 5.74) is 5.45. The van der Waals surface area contributed by atoms with Crippen molar-refractivity contribution in [2.75, 3.05) is 6.54 Å². The van der Waals surface area contributed by atoms with Crippen LogP contribution in [0.3, 0.4) is 0 Å². The van der Waals surface area contributed by atoms with Gasteiger partial charge in [-0.25, -0.2) is 4.98 Å². The van der Waals surface area contributed by atoms with Gasteiger partial charge in [-0.05, 0) is 12.5 Å². The van der Waals surface area contributed by atoms with Gasteiger partial charge in [0, 0.05) is 18.8 Å². The van der Waals surface area contributed by atoms with Gasteiger partial charge in [0.25, 0.3) is 0 Å². The molecule has 0 amide bonds. The van der Waals surface area contributed by atoms with Crippen LogP contribution in [0.4, 0.5) is 0 Å². The molecule has 0 bridgehead atoms. The third-order valence-electron chi connectivity index (χ3n) is 1.50. The molecule has 0 radical (unpaired) electrons. The van der Waals surface area contributed by atoms with Crippen LogP contribution >= 0.6 is 0 Å². The van der Waals surface area contributed by atoms with E-state index in [1.807, 2.05) is 6.20 Å². The molecule has 3 nitrogen and oxygen atoms in total. The van der Waals surface area contributed by atoms with E-state index in [2.05, 4.69) is 16.9 Å². The zero-order valence-electron chi connectivity index (χ0n) is 6.17. The summed E-state index contributed by atoms with van der Waals surface area (Å²) in [5, 5.41) is 0. The Bertz CT molecular complexity index is 169. The van der Waals surface area contributed by atoms with E-state index in [1.54, 1.807) is 6.20 Å². The molecule has 0 saturated carbocycles. The first kappa shape index (κ1) is 7.28. The third-order valence-corrected chi connectivity index (χ3v) is 1.50. The Morgan fingerprint density at radius 2 is 2.60 bits per heavy atom. The lowest BCUT2D eigenvalue weighted by Crippen LogP contribution is -2.13. The lowest BCUT2D eigenvalue weighted by Gasteiger charge is -2.03. The molecule has 0 aliphatic heterocycles. The maximum atomic E-state index is 5.45. The van der Waals surface area contributed by atoms with Crippen LogP contribution in [-0.2, 0) is 6.42 Å². The lowest BCUT2D eigenvalue weighted by molar-refractivity contribution is 0.577. The summed E-state index contributed by atoms with van der Waals surface area (Å²) >= 11 is 0. The SMILES string of the molecule is CC(CN)Cc1ncc[nH]1. The molecule has 3 heteroatoms. The monoisotopic (exact) mass is 139 g/mol. The quantitative estimate of drug-likeness (QED) is 0.642. The number of hydrogen-bond acceptors (Lipinski definition) is 2. The maximum Gasteiger partial charge on any atom is 0.106 e. The van der Waals surface area contributed by atoms with Crippen molar-refractivity contribution in [3.05, 3.63) is 18.2 Å². The van der Waals surface area contributed by atoms with Crippen LogP contribution in [0.5, 0.6) is 0 Å². The number of H-pyrrole nitrogens is 1. The molecule has 1 aromatic heterocycles. The minimum absolute atomic E-state index is 0.520. The first-order valence-electron chi connectivity index (χ1n) is 3.51. The van der Waals surface area contributed by atoms with Gasteiger partial charge in [-0.15, -0.1) is 0 Å². The van der Waals surface area contributed by atoms with Crippen molar-refractivity contribution >= 4 is 0 Å². The van der Waals surface area contributed by atoms with Gasteiger partial charge < -0.3 is 10.7 Å². The Morgan fingerprint density at radius 3 is 3.10 bits per heavy atom. The molecule has 0 aromatic carbocycles. The molecule has 0 spiro atoms. The molecule has 3 N–H and O–H groups in total. The molecule has 0 aliphatic rings. The van der Waals surface area contributed by atoms with Crippen LogP contribution in [0.2, 0.25) is 0 Å². The van der Waals surface area contributed by atoms with Gasteiger partial charge in [-0.3, -0.25) is 0 Å². The molecule has 10 heavy (non-hydrogen) atoms. The summed E-state index contributed by atoms with van der Waals surface area (Å²) in [6, 6.07) is 0. The Balaban J connectivity index is 2.40. The average Bonchev–Trinajstić information content (AvgIpc) is 2.40. The molecule has 1 rings (SSSR count). The fraction of sp³-hybridized carbons (Fsp3) is 0.571. The summed E-state index contributed by atoms with van der Waals surface area (Å²) in [6.45, 7) is 2.84. The number of rotatable bonds is 3. The highest BCUT2D eigenvalue weighted by Crippen LogP contribution is 2.00. The fourth-order valence-electron chi connectivity index (χ4n) is 0.823. The van der Waals surface area contributed by atoms with Crippen molar-refractivity contribution in [3.63, 3.8) is 0 Å². The van der Waals surface area contributed by atoms with Crippen molar-refractivity contribution in [2.24, 2.45) is 11.7 Å². The summed E-state index contributed by atoms with van der Waals surface area (Å²) in [4.78, 5) is 7.13. The van der Waals surface area contributed by atoms with Gasteiger partial charge in [-0.2, -0.15) is 0 Å². The van der Waals surface area contributed by atoms with Gasteiger partial charge in [0.1, 0.15) is 5.82 Å². The largest absolute Gasteiger partial charge is 0.349 e. The molecule has 1 aromatic rings.